The zero-order valence-electron chi connectivity index (χ0n) is 7.76. The Hall–Kier alpha value is -1.65. The lowest BCUT2D eigenvalue weighted by Gasteiger charge is -2.10. The number of rotatable bonds is 1. The van der Waals surface area contributed by atoms with Gasteiger partial charge in [0.05, 0.1) is 0 Å². The molecule has 1 atom stereocenters. The lowest BCUT2D eigenvalue weighted by Crippen LogP contribution is -2.14. The van der Waals surface area contributed by atoms with Gasteiger partial charge in [-0.1, -0.05) is 0 Å². The molecule has 0 radical (unpaired) electrons. The molecular formula is C10H9F2NO2. The molecule has 2 N–H and O–H groups in total. The smallest absolute Gasteiger partial charge is 0.220 e. The summed E-state index contributed by atoms with van der Waals surface area (Å²) in [5.41, 5.74) is -0.133. The molecule has 1 aliphatic heterocycles. The van der Waals surface area contributed by atoms with Crippen molar-refractivity contribution in [2.75, 3.05) is 6.54 Å². The number of phenols is 1. The van der Waals surface area contributed by atoms with E-state index in [1.165, 1.54) is 0 Å². The van der Waals surface area contributed by atoms with Gasteiger partial charge in [-0.15, -0.1) is 0 Å². The van der Waals surface area contributed by atoms with Gasteiger partial charge in [-0.05, 0) is 0 Å². The minimum atomic E-state index is -0.811. The molecule has 1 amide bonds. The van der Waals surface area contributed by atoms with Crippen LogP contribution < -0.4 is 5.32 Å². The zero-order valence-corrected chi connectivity index (χ0v) is 7.76. The number of nitrogens with one attached hydrogen (secondary N) is 1. The van der Waals surface area contributed by atoms with Crippen LogP contribution in [0.4, 0.5) is 8.78 Å². The van der Waals surface area contributed by atoms with Gasteiger partial charge in [0.15, 0.2) is 0 Å². The molecule has 0 aromatic heterocycles. The van der Waals surface area contributed by atoms with Crippen molar-refractivity contribution >= 4 is 5.91 Å². The lowest BCUT2D eigenvalue weighted by molar-refractivity contribution is -0.119. The van der Waals surface area contributed by atoms with Crippen molar-refractivity contribution in [1.82, 2.24) is 5.32 Å². The Balaban J connectivity index is 2.39. The first-order valence-corrected chi connectivity index (χ1v) is 4.52. The molecule has 1 aliphatic rings. The van der Waals surface area contributed by atoms with E-state index in [1.807, 2.05) is 0 Å². The van der Waals surface area contributed by atoms with Crippen LogP contribution in [0.3, 0.4) is 0 Å². The Bertz CT molecular complexity index is 397. The topological polar surface area (TPSA) is 49.3 Å². The summed E-state index contributed by atoms with van der Waals surface area (Å²) in [7, 11) is 0. The van der Waals surface area contributed by atoms with Crippen LogP contribution in [0.5, 0.6) is 5.75 Å². The Morgan fingerprint density at radius 1 is 1.33 bits per heavy atom. The largest absolute Gasteiger partial charge is 0.508 e. The summed E-state index contributed by atoms with van der Waals surface area (Å²) in [5.74, 6) is -2.78. The van der Waals surface area contributed by atoms with Crippen molar-refractivity contribution in [3.8, 4) is 5.75 Å². The summed E-state index contributed by atoms with van der Waals surface area (Å²) in [6, 6.07) is 1.70. The van der Waals surface area contributed by atoms with Gasteiger partial charge in [0, 0.05) is 36.6 Å². The highest BCUT2D eigenvalue weighted by Crippen LogP contribution is 2.30. The summed E-state index contributed by atoms with van der Waals surface area (Å²) < 4.78 is 26.7. The van der Waals surface area contributed by atoms with Crippen molar-refractivity contribution in [3.05, 3.63) is 29.3 Å². The average molecular weight is 213 g/mol. The summed E-state index contributed by atoms with van der Waals surface area (Å²) in [6.45, 7) is 0.234. The van der Waals surface area contributed by atoms with Crippen LogP contribution in [0.2, 0.25) is 0 Å². The van der Waals surface area contributed by atoms with Crippen molar-refractivity contribution in [2.24, 2.45) is 0 Å². The van der Waals surface area contributed by atoms with Crippen LogP contribution in [-0.2, 0) is 4.79 Å². The minimum absolute atomic E-state index is 0.0820. The second-order valence-electron chi connectivity index (χ2n) is 3.53. The first kappa shape index (κ1) is 9.89. The molecule has 1 aromatic carbocycles. The maximum absolute atomic E-state index is 13.4. The highest BCUT2D eigenvalue weighted by Gasteiger charge is 2.28. The molecule has 15 heavy (non-hydrogen) atoms. The second-order valence-corrected chi connectivity index (χ2v) is 3.53. The summed E-state index contributed by atoms with van der Waals surface area (Å²) in [5, 5.41) is 11.5. The summed E-state index contributed by atoms with van der Waals surface area (Å²) in [4.78, 5) is 10.9. The van der Waals surface area contributed by atoms with Crippen LogP contribution in [0.1, 0.15) is 17.9 Å². The minimum Gasteiger partial charge on any atom is -0.508 e. The molecule has 0 saturated carbocycles. The normalized spacial score (nSPS) is 20.4. The number of phenolic OH excluding ortho intramolecular Hbond substituents is 1. The third kappa shape index (κ3) is 1.77. The number of benzene rings is 1. The predicted octanol–water partition coefficient (Wildman–Crippen LogP) is 1.27. The van der Waals surface area contributed by atoms with Crippen LogP contribution in [-0.4, -0.2) is 17.6 Å². The fraction of sp³-hybridized carbons (Fsp3) is 0.300. The Labute approximate surface area is 84.7 Å². The number of amides is 1. The van der Waals surface area contributed by atoms with Crippen LogP contribution in [0.25, 0.3) is 0 Å². The number of hydrogen-bond acceptors (Lipinski definition) is 2. The number of carbonyl (C=O) groups excluding carboxylic acids is 1. The van der Waals surface area contributed by atoms with E-state index in [0.29, 0.717) is 0 Å². The van der Waals surface area contributed by atoms with Crippen molar-refractivity contribution < 1.29 is 18.7 Å². The van der Waals surface area contributed by atoms with E-state index >= 15 is 0 Å². The van der Waals surface area contributed by atoms with Gasteiger partial charge in [0.25, 0.3) is 0 Å². The van der Waals surface area contributed by atoms with Crippen molar-refractivity contribution in [2.45, 2.75) is 12.3 Å². The summed E-state index contributed by atoms with van der Waals surface area (Å²) in [6.07, 6.45) is 0.0820. The number of halogens is 2. The van der Waals surface area contributed by atoms with Gasteiger partial charge in [-0.3, -0.25) is 4.79 Å². The Morgan fingerprint density at radius 3 is 2.40 bits per heavy atom. The second kappa shape index (κ2) is 3.49. The quantitative estimate of drug-likeness (QED) is 0.738. The SMILES string of the molecule is O=C1CC(c2c(F)cc(O)cc2F)CN1. The van der Waals surface area contributed by atoms with Crippen LogP contribution >= 0.6 is 0 Å². The molecule has 3 nitrogen and oxygen atoms in total. The first-order valence-electron chi connectivity index (χ1n) is 4.52. The standard InChI is InChI=1S/C10H9F2NO2/c11-7-2-6(14)3-8(12)10(7)5-1-9(15)13-4-5/h2-3,5,14H,1,4H2,(H,13,15). The van der Waals surface area contributed by atoms with E-state index in [0.717, 1.165) is 12.1 Å². The van der Waals surface area contributed by atoms with Gasteiger partial charge in [-0.25, -0.2) is 8.78 Å². The maximum Gasteiger partial charge on any atom is 0.220 e. The fourth-order valence-electron chi connectivity index (χ4n) is 1.77. The van der Waals surface area contributed by atoms with E-state index in [9.17, 15) is 13.6 Å². The van der Waals surface area contributed by atoms with E-state index < -0.39 is 23.3 Å². The highest BCUT2D eigenvalue weighted by atomic mass is 19.1. The zero-order chi connectivity index (χ0) is 11.0. The highest BCUT2D eigenvalue weighted by molar-refractivity contribution is 5.79. The van der Waals surface area contributed by atoms with Gasteiger partial charge in [-0.2, -0.15) is 0 Å². The lowest BCUT2D eigenvalue weighted by atomic mass is 9.97. The molecule has 0 aliphatic carbocycles. The molecule has 0 bridgehead atoms. The summed E-state index contributed by atoms with van der Waals surface area (Å²) >= 11 is 0. The average Bonchev–Trinajstić information content (AvgIpc) is 2.49. The molecule has 80 valence electrons. The first-order chi connectivity index (χ1) is 7.08. The van der Waals surface area contributed by atoms with E-state index in [-0.39, 0.29) is 24.4 Å². The number of aromatic hydroxyl groups is 1. The molecule has 2 rings (SSSR count). The molecular weight excluding hydrogens is 204 g/mol. The van der Waals surface area contributed by atoms with Gasteiger partial charge >= 0.3 is 0 Å². The van der Waals surface area contributed by atoms with Gasteiger partial charge < -0.3 is 10.4 Å². The third-order valence-electron chi connectivity index (χ3n) is 2.45. The van der Waals surface area contributed by atoms with Gasteiger partial charge in [0.1, 0.15) is 17.4 Å². The third-order valence-corrected chi connectivity index (χ3v) is 2.45. The molecule has 0 spiro atoms. The molecule has 1 saturated heterocycles. The number of hydrogen-bond donors (Lipinski definition) is 2. The molecule has 1 unspecified atom stereocenters. The van der Waals surface area contributed by atoms with E-state index in [4.69, 9.17) is 5.11 Å². The predicted molar refractivity (Wildman–Crippen MR) is 48.4 cm³/mol. The van der Waals surface area contributed by atoms with E-state index in [1.54, 1.807) is 0 Å². The molecule has 5 heteroatoms. The fourth-order valence-corrected chi connectivity index (χ4v) is 1.77. The molecule has 1 heterocycles. The van der Waals surface area contributed by atoms with E-state index in [2.05, 4.69) is 5.32 Å². The molecule has 1 aromatic rings. The Morgan fingerprint density at radius 2 is 1.93 bits per heavy atom. The molecule has 1 fully saturated rings. The Kier molecular flexibility index (Phi) is 2.30. The monoisotopic (exact) mass is 213 g/mol. The van der Waals surface area contributed by atoms with Crippen LogP contribution in [0.15, 0.2) is 12.1 Å². The van der Waals surface area contributed by atoms with Crippen LogP contribution in [0, 0.1) is 11.6 Å². The maximum atomic E-state index is 13.4. The van der Waals surface area contributed by atoms with Crippen molar-refractivity contribution in [3.63, 3.8) is 0 Å². The number of carbonyl (C=O) groups is 1. The van der Waals surface area contributed by atoms with Gasteiger partial charge in [0.2, 0.25) is 5.91 Å². The van der Waals surface area contributed by atoms with Crippen molar-refractivity contribution in [1.29, 1.82) is 0 Å².